The molecule has 2 amide bonds. The van der Waals surface area contributed by atoms with Crippen molar-refractivity contribution >= 4 is 29.0 Å². The number of fused-ring (bicyclic) bond motifs is 1. The zero-order valence-corrected chi connectivity index (χ0v) is 22.2. The predicted octanol–water partition coefficient (Wildman–Crippen LogP) is 6.47. The molecule has 0 bridgehead atoms. The summed E-state index contributed by atoms with van der Waals surface area (Å²) < 4.78 is 11.8. The van der Waals surface area contributed by atoms with Crippen LogP contribution in [0.3, 0.4) is 0 Å². The number of nitrogens with zero attached hydrogens (tertiary/aromatic N) is 2. The van der Waals surface area contributed by atoms with Crippen LogP contribution in [0.4, 0.5) is 10.5 Å². The maximum Gasteiger partial charge on any atom is 0.410 e. The van der Waals surface area contributed by atoms with E-state index in [-0.39, 0.29) is 18.1 Å². The van der Waals surface area contributed by atoms with E-state index in [1.54, 1.807) is 23.3 Å². The molecule has 2 heterocycles. The largest absolute Gasteiger partial charge is 0.444 e. The van der Waals surface area contributed by atoms with Gasteiger partial charge in [-0.25, -0.2) is 4.79 Å². The van der Waals surface area contributed by atoms with E-state index in [9.17, 15) is 9.59 Å². The monoisotopic (exact) mass is 506 g/mol. The number of rotatable bonds is 8. The lowest BCUT2D eigenvalue weighted by molar-refractivity contribution is 0.0148. The molecule has 2 aromatic carbocycles. The molecule has 0 fully saturated rings. The van der Waals surface area contributed by atoms with Gasteiger partial charge in [0.15, 0.2) is 0 Å². The van der Waals surface area contributed by atoms with E-state index in [0.29, 0.717) is 26.1 Å². The highest BCUT2D eigenvalue weighted by Crippen LogP contribution is 2.29. The van der Waals surface area contributed by atoms with Gasteiger partial charge >= 0.3 is 6.09 Å². The SMILES string of the molecule is CN(CCC(OCc1cccc(N2CCc3ccccc3C2=O)c1)c1cccs1)C(=O)OC(C)(C)C. The number of hydrogen-bond donors (Lipinski definition) is 0. The van der Waals surface area contributed by atoms with Crippen LogP contribution in [0.2, 0.25) is 0 Å². The van der Waals surface area contributed by atoms with E-state index in [2.05, 4.69) is 6.07 Å². The molecule has 7 heteroatoms. The summed E-state index contributed by atoms with van der Waals surface area (Å²) in [6.45, 7) is 7.17. The van der Waals surface area contributed by atoms with Gasteiger partial charge in [0, 0.05) is 36.3 Å². The van der Waals surface area contributed by atoms with E-state index in [1.807, 2.05) is 85.6 Å². The third kappa shape index (κ3) is 6.53. The average molecular weight is 507 g/mol. The average Bonchev–Trinajstić information content (AvgIpc) is 3.38. The number of amides is 2. The summed E-state index contributed by atoms with van der Waals surface area (Å²) >= 11 is 1.64. The van der Waals surface area contributed by atoms with Gasteiger partial charge in [-0.05, 0) is 74.4 Å². The highest BCUT2D eigenvalue weighted by molar-refractivity contribution is 7.10. The van der Waals surface area contributed by atoms with Gasteiger partial charge in [-0.1, -0.05) is 36.4 Å². The Morgan fingerprint density at radius 3 is 2.67 bits per heavy atom. The van der Waals surface area contributed by atoms with Crippen LogP contribution in [0, 0.1) is 0 Å². The second-order valence-electron chi connectivity index (χ2n) is 10.0. The third-order valence-electron chi connectivity index (χ3n) is 6.06. The lowest BCUT2D eigenvalue weighted by atomic mass is 9.98. The molecule has 1 aromatic heterocycles. The standard InChI is InChI=1S/C29H34N2O4S/c1-29(2,3)35-28(33)30(4)16-15-25(26-13-8-18-36-26)34-20-21-9-7-11-23(19-21)31-17-14-22-10-5-6-12-24(22)27(31)32/h5-13,18-19,25H,14-17,20H2,1-4H3. The molecule has 36 heavy (non-hydrogen) atoms. The van der Waals surface area contributed by atoms with Crippen LogP contribution in [0.5, 0.6) is 0 Å². The number of benzene rings is 2. The zero-order chi connectivity index (χ0) is 25.7. The molecule has 0 spiro atoms. The summed E-state index contributed by atoms with van der Waals surface area (Å²) in [6.07, 6.45) is 1.00. The fraction of sp³-hybridized carbons (Fsp3) is 0.379. The van der Waals surface area contributed by atoms with Crippen molar-refractivity contribution in [3.8, 4) is 0 Å². The fourth-order valence-electron chi connectivity index (χ4n) is 4.21. The first-order valence-corrected chi connectivity index (χ1v) is 13.2. The van der Waals surface area contributed by atoms with Crippen LogP contribution in [0.25, 0.3) is 0 Å². The zero-order valence-electron chi connectivity index (χ0n) is 21.4. The van der Waals surface area contributed by atoms with Crippen molar-refractivity contribution in [1.82, 2.24) is 4.90 Å². The number of ether oxygens (including phenoxy) is 2. The van der Waals surface area contributed by atoms with Gasteiger partial charge in [0.2, 0.25) is 0 Å². The van der Waals surface area contributed by atoms with Gasteiger partial charge in [0.25, 0.3) is 5.91 Å². The van der Waals surface area contributed by atoms with Gasteiger partial charge in [0.1, 0.15) is 5.60 Å². The Labute approximate surface area is 217 Å². The summed E-state index contributed by atoms with van der Waals surface area (Å²) in [5.74, 6) is 0.0385. The number of carbonyl (C=O) groups is 2. The Hall–Kier alpha value is -3.16. The smallest absolute Gasteiger partial charge is 0.410 e. The first-order valence-electron chi connectivity index (χ1n) is 12.3. The summed E-state index contributed by atoms with van der Waals surface area (Å²) in [5.41, 5.74) is 3.23. The van der Waals surface area contributed by atoms with Crippen molar-refractivity contribution in [3.63, 3.8) is 0 Å². The second-order valence-corrected chi connectivity index (χ2v) is 11.0. The molecule has 4 rings (SSSR count). The number of thiophene rings is 1. The molecule has 1 atom stereocenters. The molecule has 0 radical (unpaired) electrons. The first-order chi connectivity index (χ1) is 17.2. The van der Waals surface area contributed by atoms with Crippen LogP contribution >= 0.6 is 11.3 Å². The Kier molecular flexibility index (Phi) is 8.11. The molecule has 3 aromatic rings. The van der Waals surface area contributed by atoms with E-state index in [0.717, 1.165) is 33.7 Å². The second kappa shape index (κ2) is 11.3. The van der Waals surface area contributed by atoms with E-state index >= 15 is 0 Å². The van der Waals surface area contributed by atoms with Gasteiger partial charge < -0.3 is 19.3 Å². The Balaban J connectivity index is 1.41. The molecular weight excluding hydrogens is 472 g/mol. The summed E-state index contributed by atoms with van der Waals surface area (Å²) in [4.78, 5) is 30.0. The number of carbonyl (C=O) groups excluding carboxylic acids is 2. The van der Waals surface area contributed by atoms with Crippen LogP contribution in [0.15, 0.2) is 66.0 Å². The van der Waals surface area contributed by atoms with Crippen molar-refractivity contribution in [1.29, 1.82) is 0 Å². The molecule has 0 saturated carbocycles. The van der Waals surface area contributed by atoms with Crippen molar-refractivity contribution < 1.29 is 19.1 Å². The van der Waals surface area contributed by atoms with Crippen molar-refractivity contribution in [2.45, 2.75) is 51.9 Å². The normalized spacial score (nSPS) is 14.3. The lowest BCUT2D eigenvalue weighted by Crippen LogP contribution is -2.37. The lowest BCUT2D eigenvalue weighted by Gasteiger charge is -2.29. The first kappa shape index (κ1) is 25.9. The molecule has 1 unspecified atom stereocenters. The topological polar surface area (TPSA) is 59.1 Å². The minimum Gasteiger partial charge on any atom is -0.444 e. The predicted molar refractivity (Wildman–Crippen MR) is 144 cm³/mol. The molecule has 0 aliphatic carbocycles. The summed E-state index contributed by atoms with van der Waals surface area (Å²) in [5, 5.41) is 2.03. The molecule has 1 aliphatic heterocycles. The van der Waals surface area contributed by atoms with E-state index < -0.39 is 5.60 Å². The minimum absolute atomic E-state index is 0.0385. The van der Waals surface area contributed by atoms with Crippen LogP contribution in [0.1, 0.15) is 59.7 Å². The number of hydrogen-bond acceptors (Lipinski definition) is 5. The van der Waals surface area contributed by atoms with Crippen molar-refractivity contribution in [2.24, 2.45) is 0 Å². The summed E-state index contributed by atoms with van der Waals surface area (Å²) in [6, 6.07) is 19.9. The maximum absolute atomic E-state index is 13.1. The molecule has 0 saturated heterocycles. The van der Waals surface area contributed by atoms with Gasteiger partial charge in [-0.15, -0.1) is 11.3 Å². The Bertz CT molecular complexity index is 1190. The van der Waals surface area contributed by atoms with Crippen LogP contribution in [-0.4, -0.2) is 42.6 Å². The maximum atomic E-state index is 13.1. The molecule has 6 nitrogen and oxygen atoms in total. The molecule has 0 N–H and O–H groups in total. The quantitative estimate of drug-likeness (QED) is 0.352. The third-order valence-corrected chi connectivity index (χ3v) is 7.03. The van der Waals surface area contributed by atoms with E-state index in [4.69, 9.17) is 9.47 Å². The Morgan fingerprint density at radius 1 is 1.11 bits per heavy atom. The molecular formula is C29H34N2O4S. The fourth-order valence-corrected chi connectivity index (χ4v) is 5.02. The minimum atomic E-state index is -0.530. The van der Waals surface area contributed by atoms with Gasteiger partial charge in [-0.2, -0.15) is 0 Å². The van der Waals surface area contributed by atoms with Crippen molar-refractivity contribution in [2.75, 3.05) is 25.0 Å². The molecule has 1 aliphatic rings. The number of anilines is 1. The van der Waals surface area contributed by atoms with Gasteiger partial charge in [0.05, 0.1) is 12.7 Å². The Morgan fingerprint density at radius 2 is 1.92 bits per heavy atom. The van der Waals surface area contributed by atoms with Crippen LogP contribution in [-0.2, 0) is 22.5 Å². The van der Waals surface area contributed by atoms with Crippen LogP contribution < -0.4 is 4.90 Å². The van der Waals surface area contributed by atoms with Gasteiger partial charge in [-0.3, -0.25) is 4.79 Å². The molecule has 190 valence electrons. The van der Waals surface area contributed by atoms with Crippen molar-refractivity contribution in [3.05, 3.63) is 87.6 Å². The summed E-state index contributed by atoms with van der Waals surface area (Å²) in [7, 11) is 1.75. The van der Waals surface area contributed by atoms with E-state index in [1.165, 1.54) is 0 Å². The highest BCUT2D eigenvalue weighted by Gasteiger charge is 2.25. The highest BCUT2D eigenvalue weighted by atomic mass is 32.1.